The predicted molar refractivity (Wildman–Crippen MR) is 98.3 cm³/mol. The van der Waals surface area contributed by atoms with E-state index in [9.17, 15) is 13.2 Å². The minimum atomic E-state index is -3.77. The molecule has 0 aliphatic rings. The highest BCUT2D eigenvalue weighted by molar-refractivity contribution is 7.92. The molecule has 0 amide bonds. The zero-order valence-electron chi connectivity index (χ0n) is 13.6. The fraction of sp³-hybridized carbons (Fsp3) is 0.0500. The van der Waals surface area contributed by atoms with Crippen molar-refractivity contribution in [3.8, 4) is 0 Å². The summed E-state index contributed by atoms with van der Waals surface area (Å²) in [6.45, 7) is 1.89. The van der Waals surface area contributed by atoms with Gasteiger partial charge in [0.05, 0.1) is 10.6 Å². The quantitative estimate of drug-likeness (QED) is 0.706. The molecule has 0 unspecified atom stereocenters. The molecule has 3 aromatic rings. The fourth-order valence-corrected chi connectivity index (χ4v) is 3.52. The third kappa shape index (κ3) is 3.78. The SMILES string of the molecule is Cc1ccc(S(=O)(=O)Nc2ccccc2C(=O)c2ccccc2)cc1. The third-order valence-corrected chi connectivity index (χ3v) is 5.16. The summed E-state index contributed by atoms with van der Waals surface area (Å²) >= 11 is 0. The van der Waals surface area contributed by atoms with Gasteiger partial charge in [-0.25, -0.2) is 8.42 Å². The van der Waals surface area contributed by atoms with Crippen LogP contribution in [0.4, 0.5) is 5.69 Å². The summed E-state index contributed by atoms with van der Waals surface area (Å²) in [5, 5.41) is 0. The molecule has 0 radical (unpaired) electrons. The molecule has 5 heteroatoms. The molecule has 4 nitrogen and oxygen atoms in total. The van der Waals surface area contributed by atoms with Gasteiger partial charge in [-0.1, -0.05) is 60.2 Å². The van der Waals surface area contributed by atoms with Crippen molar-refractivity contribution in [2.75, 3.05) is 4.72 Å². The van der Waals surface area contributed by atoms with E-state index in [4.69, 9.17) is 0 Å². The smallest absolute Gasteiger partial charge is 0.261 e. The van der Waals surface area contributed by atoms with Crippen molar-refractivity contribution in [1.29, 1.82) is 0 Å². The van der Waals surface area contributed by atoms with Crippen molar-refractivity contribution < 1.29 is 13.2 Å². The van der Waals surface area contributed by atoms with Crippen molar-refractivity contribution in [2.45, 2.75) is 11.8 Å². The minimum Gasteiger partial charge on any atom is -0.289 e. The Morgan fingerprint density at radius 1 is 0.800 bits per heavy atom. The highest BCUT2D eigenvalue weighted by Crippen LogP contribution is 2.23. The number of para-hydroxylation sites is 1. The van der Waals surface area contributed by atoms with Crippen LogP contribution in [-0.4, -0.2) is 14.2 Å². The van der Waals surface area contributed by atoms with E-state index < -0.39 is 10.0 Å². The summed E-state index contributed by atoms with van der Waals surface area (Å²) in [6.07, 6.45) is 0. The van der Waals surface area contributed by atoms with Gasteiger partial charge < -0.3 is 0 Å². The Hall–Kier alpha value is -2.92. The summed E-state index contributed by atoms with van der Waals surface area (Å²) in [5.74, 6) is -0.234. The van der Waals surface area contributed by atoms with Crippen molar-refractivity contribution in [3.05, 3.63) is 95.6 Å². The van der Waals surface area contributed by atoms with Gasteiger partial charge >= 0.3 is 0 Å². The molecular weight excluding hydrogens is 334 g/mol. The first-order chi connectivity index (χ1) is 12.0. The molecule has 0 heterocycles. The highest BCUT2D eigenvalue weighted by Gasteiger charge is 2.19. The number of sulfonamides is 1. The first kappa shape index (κ1) is 16.9. The predicted octanol–water partition coefficient (Wildman–Crippen LogP) is 4.03. The van der Waals surface area contributed by atoms with Gasteiger partial charge in [0.2, 0.25) is 0 Å². The van der Waals surface area contributed by atoms with Crippen LogP contribution in [0.3, 0.4) is 0 Å². The van der Waals surface area contributed by atoms with Crippen molar-refractivity contribution >= 4 is 21.5 Å². The zero-order valence-corrected chi connectivity index (χ0v) is 14.5. The lowest BCUT2D eigenvalue weighted by Gasteiger charge is -2.12. The number of hydrogen-bond acceptors (Lipinski definition) is 3. The number of anilines is 1. The van der Waals surface area contributed by atoms with Crippen LogP contribution >= 0.6 is 0 Å². The maximum absolute atomic E-state index is 12.7. The Kier molecular flexibility index (Phi) is 4.67. The van der Waals surface area contributed by atoms with E-state index in [1.165, 1.54) is 0 Å². The van der Waals surface area contributed by atoms with Gasteiger partial charge in [0.25, 0.3) is 10.0 Å². The van der Waals surface area contributed by atoms with Gasteiger partial charge in [-0.3, -0.25) is 9.52 Å². The second-order valence-corrected chi connectivity index (χ2v) is 7.34. The summed E-state index contributed by atoms with van der Waals surface area (Å²) in [6, 6.07) is 21.9. The van der Waals surface area contributed by atoms with E-state index in [-0.39, 0.29) is 16.4 Å². The normalized spacial score (nSPS) is 11.1. The van der Waals surface area contributed by atoms with Crippen LogP contribution in [0.2, 0.25) is 0 Å². The molecule has 0 spiro atoms. The number of carbonyl (C=O) groups excluding carboxylic acids is 1. The Morgan fingerprint density at radius 3 is 2.08 bits per heavy atom. The molecule has 0 saturated carbocycles. The van der Waals surface area contributed by atoms with Crippen LogP contribution in [0.25, 0.3) is 0 Å². The van der Waals surface area contributed by atoms with Gasteiger partial charge in [0.1, 0.15) is 0 Å². The van der Waals surface area contributed by atoms with Crippen LogP contribution < -0.4 is 4.72 Å². The lowest BCUT2D eigenvalue weighted by atomic mass is 10.0. The number of nitrogens with one attached hydrogen (secondary N) is 1. The van der Waals surface area contributed by atoms with E-state index in [0.717, 1.165) is 5.56 Å². The number of aryl methyl sites for hydroxylation is 1. The number of ketones is 1. The Bertz CT molecular complexity index is 995. The monoisotopic (exact) mass is 351 g/mol. The number of hydrogen-bond donors (Lipinski definition) is 1. The molecule has 126 valence electrons. The van der Waals surface area contributed by atoms with Crippen LogP contribution in [0.5, 0.6) is 0 Å². The highest BCUT2D eigenvalue weighted by atomic mass is 32.2. The summed E-state index contributed by atoms with van der Waals surface area (Å²) in [4.78, 5) is 12.9. The summed E-state index contributed by atoms with van der Waals surface area (Å²) in [5.41, 5.74) is 2.05. The first-order valence-electron chi connectivity index (χ1n) is 7.76. The summed E-state index contributed by atoms with van der Waals surface area (Å²) < 4.78 is 27.7. The number of carbonyl (C=O) groups is 1. The lowest BCUT2D eigenvalue weighted by Crippen LogP contribution is -2.16. The van der Waals surface area contributed by atoms with E-state index in [2.05, 4.69) is 4.72 Å². The molecule has 1 N–H and O–H groups in total. The summed E-state index contributed by atoms with van der Waals surface area (Å²) in [7, 11) is -3.77. The largest absolute Gasteiger partial charge is 0.289 e. The van der Waals surface area contributed by atoms with Crippen LogP contribution in [-0.2, 0) is 10.0 Å². The van der Waals surface area contributed by atoms with Crippen molar-refractivity contribution in [2.24, 2.45) is 0 Å². The topological polar surface area (TPSA) is 63.2 Å². The maximum atomic E-state index is 12.7. The molecule has 0 atom stereocenters. The van der Waals surface area contributed by atoms with E-state index in [0.29, 0.717) is 11.1 Å². The Balaban J connectivity index is 1.96. The van der Waals surface area contributed by atoms with Gasteiger partial charge in [0.15, 0.2) is 5.78 Å². The minimum absolute atomic E-state index is 0.153. The molecule has 0 aromatic heterocycles. The number of rotatable bonds is 5. The van der Waals surface area contributed by atoms with Gasteiger partial charge in [-0.05, 0) is 31.2 Å². The zero-order chi connectivity index (χ0) is 17.9. The van der Waals surface area contributed by atoms with Crippen molar-refractivity contribution in [3.63, 3.8) is 0 Å². The molecule has 0 aliphatic heterocycles. The standard InChI is InChI=1S/C20H17NO3S/c1-15-11-13-17(14-12-15)25(23,24)21-19-10-6-5-9-18(19)20(22)16-7-3-2-4-8-16/h2-14,21H,1H3. The lowest BCUT2D eigenvalue weighted by molar-refractivity contribution is 0.103. The van der Waals surface area contributed by atoms with Crippen molar-refractivity contribution in [1.82, 2.24) is 0 Å². The number of benzene rings is 3. The molecule has 3 rings (SSSR count). The Labute approximate surface area is 147 Å². The molecule has 0 bridgehead atoms. The second kappa shape index (κ2) is 6.91. The molecule has 0 saturated heterocycles. The van der Waals surface area contributed by atoms with Crippen LogP contribution in [0.1, 0.15) is 21.5 Å². The molecule has 0 fully saturated rings. The average Bonchev–Trinajstić information content (AvgIpc) is 2.62. The first-order valence-corrected chi connectivity index (χ1v) is 9.24. The van der Waals surface area contributed by atoms with Gasteiger partial charge in [-0.2, -0.15) is 0 Å². The van der Waals surface area contributed by atoms with Crippen LogP contribution in [0.15, 0.2) is 83.8 Å². The average molecular weight is 351 g/mol. The molecule has 0 aliphatic carbocycles. The van der Waals surface area contributed by atoms with Gasteiger partial charge in [-0.15, -0.1) is 0 Å². The second-order valence-electron chi connectivity index (χ2n) is 5.66. The third-order valence-electron chi connectivity index (χ3n) is 3.78. The van der Waals surface area contributed by atoms with E-state index >= 15 is 0 Å². The van der Waals surface area contributed by atoms with E-state index in [1.54, 1.807) is 72.8 Å². The molecular formula is C20H17NO3S. The molecule has 3 aromatic carbocycles. The molecule has 25 heavy (non-hydrogen) atoms. The van der Waals surface area contributed by atoms with Gasteiger partial charge in [0, 0.05) is 11.1 Å². The maximum Gasteiger partial charge on any atom is 0.261 e. The van der Waals surface area contributed by atoms with E-state index in [1.807, 2.05) is 13.0 Å². The Morgan fingerprint density at radius 2 is 1.40 bits per heavy atom. The fourth-order valence-electron chi connectivity index (χ4n) is 2.44. The van der Waals surface area contributed by atoms with Crippen LogP contribution in [0, 0.1) is 6.92 Å².